The van der Waals surface area contributed by atoms with E-state index in [-0.39, 0.29) is 30.1 Å². The summed E-state index contributed by atoms with van der Waals surface area (Å²) in [6, 6.07) is 4.74. The lowest BCUT2D eigenvalue weighted by Crippen LogP contribution is -2.38. The number of hydrogen-bond donors (Lipinski definition) is 4. The molecule has 3 rings (SSSR count). The molecule has 8 nitrogen and oxygen atoms in total. The zero-order valence-electron chi connectivity index (χ0n) is 20.4. The molecule has 3 amide bonds. The molecule has 0 unspecified atom stereocenters. The lowest BCUT2D eigenvalue weighted by molar-refractivity contribution is 0.0526. The van der Waals surface area contributed by atoms with Gasteiger partial charge in [0.15, 0.2) is 0 Å². The van der Waals surface area contributed by atoms with Crippen LogP contribution >= 0.6 is 33.9 Å². The van der Waals surface area contributed by atoms with E-state index in [9.17, 15) is 18.8 Å². The molecule has 2 heterocycles. The van der Waals surface area contributed by atoms with Crippen molar-refractivity contribution >= 4 is 62.5 Å². The number of carbonyl (C=O) groups excluding carboxylic acids is 3. The number of fused-ring (bicyclic) bond motifs is 1. The highest BCUT2D eigenvalue weighted by molar-refractivity contribution is 14.1. The second-order valence-electron chi connectivity index (χ2n) is 10.1. The van der Waals surface area contributed by atoms with Crippen molar-refractivity contribution in [1.82, 2.24) is 16.0 Å². The van der Waals surface area contributed by atoms with Gasteiger partial charge in [-0.1, -0.05) is 13.8 Å². The number of carbonyl (C=O) groups is 3. The topological polar surface area (TPSA) is 109 Å². The smallest absolute Gasteiger partial charge is 0.407 e. The minimum atomic E-state index is -0.625. The Morgan fingerprint density at radius 2 is 1.91 bits per heavy atom. The van der Waals surface area contributed by atoms with Crippen molar-refractivity contribution in [3.8, 4) is 0 Å². The first-order valence-electron chi connectivity index (χ1n) is 11.2. The fourth-order valence-corrected chi connectivity index (χ4v) is 5.14. The Balaban J connectivity index is 1.85. The number of nitrogens with one attached hydrogen (secondary N) is 4. The zero-order valence-corrected chi connectivity index (χ0v) is 23.3. The fourth-order valence-electron chi connectivity index (χ4n) is 3.54. The quantitative estimate of drug-likeness (QED) is 0.276. The number of alkyl carbamates (subject to hydrolysis) is 1. The number of rotatable bonds is 6. The second kappa shape index (κ2) is 10.7. The third-order valence-corrected chi connectivity index (χ3v) is 6.90. The molecule has 0 fully saturated rings. The SMILES string of the molecule is CC1(C)CNC(=O)c2sc(Nc3ccc(I)cc3F)c(C(=O)NCCNC(=O)OC(C)(C)C)c2C1. The maximum Gasteiger partial charge on any atom is 0.407 e. The molecule has 0 bridgehead atoms. The van der Waals surface area contributed by atoms with Crippen LogP contribution in [0.25, 0.3) is 0 Å². The fraction of sp³-hybridized carbons (Fsp3) is 0.458. The van der Waals surface area contributed by atoms with Crippen LogP contribution in [0.5, 0.6) is 0 Å². The van der Waals surface area contributed by atoms with Gasteiger partial charge in [0.2, 0.25) is 0 Å². The van der Waals surface area contributed by atoms with E-state index >= 15 is 0 Å². The number of anilines is 2. The molecule has 1 aromatic heterocycles. The van der Waals surface area contributed by atoms with Crippen molar-refractivity contribution in [3.63, 3.8) is 0 Å². The molecule has 1 aliphatic heterocycles. The van der Waals surface area contributed by atoms with Gasteiger partial charge in [-0.15, -0.1) is 11.3 Å². The van der Waals surface area contributed by atoms with Gasteiger partial charge in [-0.2, -0.15) is 0 Å². The highest BCUT2D eigenvalue weighted by atomic mass is 127. The number of hydrogen-bond acceptors (Lipinski definition) is 6. The molecule has 2 aromatic rings. The lowest BCUT2D eigenvalue weighted by atomic mass is 9.85. The van der Waals surface area contributed by atoms with E-state index in [0.29, 0.717) is 34.0 Å². The molecular weight excluding hydrogens is 586 g/mol. The molecule has 0 aliphatic carbocycles. The van der Waals surface area contributed by atoms with E-state index in [0.717, 1.165) is 14.9 Å². The van der Waals surface area contributed by atoms with Crippen molar-refractivity contribution in [3.05, 3.63) is 43.6 Å². The van der Waals surface area contributed by atoms with Gasteiger partial charge in [0.05, 0.1) is 16.1 Å². The predicted octanol–water partition coefficient (Wildman–Crippen LogP) is 4.80. The largest absolute Gasteiger partial charge is 0.444 e. The molecule has 0 saturated heterocycles. The Bertz CT molecular complexity index is 1140. The summed E-state index contributed by atoms with van der Waals surface area (Å²) in [5, 5.41) is 11.7. The number of amides is 3. The number of benzene rings is 1. The van der Waals surface area contributed by atoms with Crippen LogP contribution in [0.15, 0.2) is 18.2 Å². The summed E-state index contributed by atoms with van der Waals surface area (Å²) >= 11 is 3.15. The van der Waals surface area contributed by atoms with Crippen LogP contribution < -0.4 is 21.3 Å². The molecular formula is C24H30FIN4O4S. The minimum absolute atomic E-state index is 0.148. The normalized spacial score (nSPS) is 14.9. The standard InChI is InChI=1S/C24H30FIN4O4S/c1-23(2,3)34-22(33)28-9-8-27-19(31)17-14-11-24(4,5)12-29-20(32)18(14)35-21(17)30-16-7-6-13(26)10-15(16)25/h6-7,10,30H,8-9,11-12H2,1-5H3,(H,27,31)(H,28,33)(H,29,32). The van der Waals surface area contributed by atoms with Crippen LogP contribution in [-0.4, -0.2) is 43.1 Å². The van der Waals surface area contributed by atoms with Crippen LogP contribution in [0, 0.1) is 14.8 Å². The Labute approximate surface area is 221 Å². The van der Waals surface area contributed by atoms with Crippen LogP contribution in [0.4, 0.5) is 19.9 Å². The molecule has 190 valence electrons. The van der Waals surface area contributed by atoms with Gasteiger partial charge in [-0.3, -0.25) is 9.59 Å². The molecule has 35 heavy (non-hydrogen) atoms. The Morgan fingerprint density at radius 3 is 2.57 bits per heavy atom. The number of halogens is 2. The van der Waals surface area contributed by atoms with Crippen LogP contribution in [0.1, 0.15) is 60.2 Å². The first kappa shape index (κ1) is 27.2. The van der Waals surface area contributed by atoms with Gasteiger partial charge < -0.3 is 26.0 Å². The summed E-state index contributed by atoms with van der Waals surface area (Å²) < 4.78 is 20.5. The maximum absolute atomic E-state index is 14.6. The van der Waals surface area contributed by atoms with Crippen molar-refractivity contribution < 1.29 is 23.5 Å². The van der Waals surface area contributed by atoms with E-state index in [1.807, 2.05) is 36.4 Å². The van der Waals surface area contributed by atoms with Gasteiger partial charge in [0.1, 0.15) is 16.4 Å². The van der Waals surface area contributed by atoms with Crippen molar-refractivity contribution in [2.45, 2.75) is 46.6 Å². The Kier molecular flexibility index (Phi) is 8.30. The van der Waals surface area contributed by atoms with Crippen molar-refractivity contribution in [2.24, 2.45) is 5.41 Å². The summed E-state index contributed by atoms with van der Waals surface area (Å²) in [5.74, 6) is -1.13. The molecule has 1 aromatic carbocycles. The van der Waals surface area contributed by atoms with Gasteiger partial charge >= 0.3 is 6.09 Å². The van der Waals surface area contributed by atoms with Gasteiger partial charge in [0, 0.05) is 23.2 Å². The molecule has 0 radical (unpaired) electrons. The monoisotopic (exact) mass is 616 g/mol. The van der Waals surface area contributed by atoms with Gasteiger partial charge in [-0.25, -0.2) is 9.18 Å². The number of ether oxygens (including phenoxy) is 1. The van der Waals surface area contributed by atoms with E-state index in [1.54, 1.807) is 32.9 Å². The van der Waals surface area contributed by atoms with E-state index < -0.39 is 23.4 Å². The lowest BCUT2D eigenvalue weighted by Gasteiger charge is -2.22. The predicted molar refractivity (Wildman–Crippen MR) is 143 cm³/mol. The summed E-state index contributed by atoms with van der Waals surface area (Å²) in [6.07, 6.45) is -0.0843. The first-order chi connectivity index (χ1) is 16.3. The maximum atomic E-state index is 14.6. The summed E-state index contributed by atoms with van der Waals surface area (Å²) in [6.45, 7) is 10.1. The average Bonchev–Trinajstić information content (AvgIpc) is 3.02. The average molecular weight is 616 g/mol. The summed E-state index contributed by atoms with van der Waals surface area (Å²) in [7, 11) is 0. The van der Waals surface area contributed by atoms with E-state index in [4.69, 9.17) is 4.74 Å². The molecule has 4 N–H and O–H groups in total. The van der Waals surface area contributed by atoms with E-state index in [2.05, 4.69) is 21.3 Å². The third-order valence-electron chi connectivity index (χ3n) is 5.08. The summed E-state index contributed by atoms with van der Waals surface area (Å²) in [5.41, 5.74) is 0.245. The van der Waals surface area contributed by atoms with Crippen molar-refractivity contribution in [1.29, 1.82) is 0 Å². The molecule has 1 aliphatic rings. The molecule has 11 heteroatoms. The van der Waals surface area contributed by atoms with Crippen LogP contribution in [0.2, 0.25) is 0 Å². The minimum Gasteiger partial charge on any atom is -0.444 e. The van der Waals surface area contributed by atoms with Crippen LogP contribution in [-0.2, 0) is 11.2 Å². The highest BCUT2D eigenvalue weighted by Crippen LogP contribution is 2.40. The van der Waals surface area contributed by atoms with Gasteiger partial charge in [0.25, 0.3) is 11.8 Å². The molecule has 0 saturated carbocycles. The van der Waals surface area contributed by atoms with Gasteiger partial charge in [-0.05, 0) is 79.0 Å². The van der Waals surface area contributed by atoms with Crippen molar-refractivity contribution in [2.75, 3.05) is 25.0 Å². The molecule has 0 atom stereocenters. The second-order valence-corrected chi connectivity index (χ2v) is 12.3. The molecule has 0 spiro atoms. The Hall–Kier alpha value is -2.41. The first-order valence-corrected chi connectivity index (χ1v) is 13.1. The third kappa shape index (κ3) is 7.29. The zero-order chi connectivity index (χ0) is 26.0. The highest BCUT2D eigenvalue weighted by Gasteiger charge is 2.34. The summed E-state index contributed by atoms with van der Waals surface area (Å²) in [4.78, 5) is 38.4. The van der Waals surface area contributed by atoms with E-state index in [1.165, 1.54) is 6.07 Å². The number of thiophene rings is 1. The Morgan fingerprint density at radius 1 is 1.23 bits per heavy atom. The van der Waals surface area contributed by atoms with Crippen LogP contribution in [0.3, 0.4) is 0 Å².